The molecule has 5 aromatic rings. The normalized spacial score (nSPS) is 10.4. The monoisotopic (exact) mass is 632 g/mol. The Hall–Kier alpha value is -1.38. The number of pyridine rings is 1. The van der Waals surface area contributed by atoms with Crippen molar-refractivity contribution < 1.29 is 52.8 Å². The molecule has 0 unspecified atom stereocenters. The van der Waals surface area contributed by atoms with Gasteiger partial charge in [0.1, 0.15) is 0 Å². The van der Waals surface area contributed by atoms with Gasteiger partial charge in [0.05, 0.1) is 11.3 Å². The second-order valence-corrected chi connectivity index (χ2v) is 7.05. The van der Waals surface area contributed by atoms with E-state index >= 15 is 0 Å². The molecule has 0 saturated heterocycles. The minimum atomic E-state index is 0. The van der Waals surface area contributed by atoms with Crippen LogP contribution in [0.4, 0.5) is 0 Å². The van der Waals surface area contributed by atoms with Crippen LogP contribution in [0, 0.1) is 34.3 Å². The second kappa shape index (κ2) is 9.19. The van der Waals surface area contributed by atoms with Gasteiger partial charge in [-0.15, -0.1) is 29.7 Å². The Bertz CT molecular complexity index is 1300. The van der Waals surface area contributed by atoms with Crippen LogP contribution in [-0.4, -0.2) is 9.38 Å². The zero-order chi connectivity index (χ0) is 17.8. The van der Waals surface area contributed by atoms with Gasteiger partial charge in [0.2, 0.25) is 0 Å². The first kappa shape index (κ1) is 23.9. The number of nitrogens with zero attached hydrogens (tertiary/aromatic N) is 2. The summed E-state index contributed by atoms with van der Waals surface area (Å²) in [5.41, 5.74) is 8.35. The maximum atomic E-state index is 4.81. The zero-order valence-corrected chi connectivity index (χ0v) is 22.3. The summed E-state index contributed by atoms with van der Waals surface area (Å²) in [6.07, 6.45) is 2.00. The van der Waals surface area contributed by atoms with Gasteiger partial charge in [-0.3, -0.25) is 4.98 Å². The van der Waals surface area contributed by atoms with E-state index in [1.807, 2.05) is 12.3 Å². The average molecular weight is 632 g/mol. The molecule has 5 rings (SSSR count). The average Bonchev–Trinajstić information content (AvgIpc) is 3.07. The van der Waals surface area contributed by atoms with Crippen LogP contribution in [0.1, 0.15) is 16.7 Å². The number of fused-ring (bicyclic) bond motifs is 6. The largest absolute Gasteiger partial charge is 0.358 e. The molecule has 4 heteroatoms. The van der Waals surface area contributed by atoms with E-state index in [1.54, 1.807) is 0 Å². The standard InChI is InChI=1S/C24H19N2.CH3.Ir.Y/c1-15-11-12-21-20(13-15)18-9-4-5-10-19(18)24-25-14-22(26(21)24)23-16(2)7-6-8-17(23)3;;;/h4-9,11-14H,1-3H3;1H3;;/q2*-1;;. The number of imidazole rings is 1. The molecule has 0 N–H and O–H groups in total. The molecule has 0 spiro atoms. The van der Waals surface area contributed by atoms with Gasteiger partial charge in [-0.2, -0.15) is 0 Å². The zero-order valence-electron chi connectivity index (χ0n) is 17.1. The summed E-state index contributed by atoms with van der Waals surface area (Å²) in [6, 6.07) is 22.7. The third-order valence-electron chi connectivity index (χ3n) is 5.26. The van der Waals surface area contributed by atoms with Crippen molar-refractivity contribution in [1.82, 2.24) is 9.38 Å². The molecule has 29 heavy (non-hydrogen) atoms. The van der Waals surface area contributed by atoms with Gasteiger partial charge < -0.3 is 11.8 Å². The summed E-state index contributed by atoms with van der Waals surface area (Å²) < 4.78 is 2.29. The molecular weight excluding hydrogens is 609 g/mol. The Balaban J connectivity index is 0.000001000. The summed E-state index contributed by atoms with van der Waals surface area (Å²) in [5, 5.41) is 3.52. The van der Waals surface area contributed by atoms with E-state index in [0.29, 0.717) is 0 Å². The molecule has 0 amide bonds. The molecule has 0 fully saturated rings. The number of aryl methyl sites for hydroxylation is 3. The van der Waals surface area contributed by atoms with Gasteiger partial charge in [0.15, 0.2) is 0 Å². The summed E-state index contributed by atoms with van der Waals surface area (Å²) in [4.78, 5) is 4.81. The molecule has 2 heterocycles. The molecule has 3 aromatic carbocycles. The van der Waals surface area contributed by atoms with Crippen molar-refractivity contribution in [2.75, 3.05) is 0 Å². The fourth-order valence-electron chi connectivity index (χ4n) is 4.07. The number of rotatable bonds is 1. The SMILES string of the molecule is Cc1ccc2c(c1)c1ccc[c-]c1c1ncc(-c3c(C)cccc3C)n21.[CH3-].[Ir].[Y]. The molecule has 146 valence electrons. The van der Waals surface area contributed by atoms with Gasteiger partial charge in [-0.25, -0.2) is 0 Å². The predicted octanol–water partition coefficient (Wildman–Crippen LogP) is 6.48. The van der Waals surface area contributed by atoms with E-state index in [0.717, 1.165) is 16.7 Å². The van der Waals surface area contributed by atoms with E-state index in [1.165, 1.54) is 38.5 Å². The number of hydrogen-bond donors (Lipinski definition) is 0. The van der Waals surface area contributed by atoms with Crippen LogP contribution >= 0.6 is 0 Å². The molecule has 0 bridgehead atoms. The quantitative estimate of drug-likeness (QED) is 0.153. The molecule has 2 nitrogen and oxygen atoms in total. The van der Waals surface area contributed by atoms with Crippen molar-refractivity contribution >= 4 is 27.3 Å². The van der Waals surface area contributed by atoms with E-state index in [4.69, 9.17) is 4.98 Å². The van der Waals surface area contributed by atoms with Gasteiger partial charge in [-0.1, -0.05) is 41.3 Å². The molecule has 2 radical (unpaired) electrons. The van der Waals surface area contributed by atoms with Gasteiger partial charge in [0.25, 0.3) is 0 Å². The summed E-state index contributed by atoms with van der Waals surface area (Å²) in [5.74, 6) is 0. The third-order valence-corrected chi connectivity index (χ3v) is 5.26. The van der Waals surface area contributed by atoms with Gasteiger partial charge in [0, 0.05) is 70.1 Å². The predicted molar refractivity (Wildman–Crippen MR) is 115 cm³/mol. The van der Waals surface area contributed by atoms with Gasteiger partial charge >= 0.3 is 0 Å². The Morgan fingerprint density at radius 3 is 2.34 bits per heavy atom. The van der Waals surface area contributed by atoms with Crippen LogP contribution in [0.3, 0.4) is 0 Å². The van der Waals surface area contributed by atoms with Crippen LogP contribution in [0.15, 0.2) is 60.8 Å². The Morgan fingerprint density at radius 1 is 0.897 bits per heavy atom. The second-order valence-electron chi connectivity index (χ2n) is 7.05. The molecular formula is C25H22IrN2Y-2. The first-order valence-corrected chi connectivity index (χ1v) is 8.92. The maximum Gasteiger partial charge on any atom is 0.0639 e. The van der Waals surface area contributed by atoms with Crippen LogP contribution in [0.5, 0.6) is 0 Å². The minimum absolute atomic E-state index is 0. The van der Waals surface area contributed by atoms with Crippen molar-refractivity contribution in [2.24, 2.45) is 0 Å². The van der Waals surface area contributed by atoms with Crippen LogP contribution in [0.2, 0.25) is 0 Å². The van der Waals surface area contributed by atoms with Crippen molar-refractivity contribution in [3.63, 3.8) is 0 Å². The van der Waals surface area contributed by atoms with E-state index in [2.05, 4.69) is 79.8 Å². The van der Waals surface area contributed by atoms with Crippen LogP contribution in [-0.2, 0) is 52.8 Å². The molecule has 0 atom stereocenters. The van der Waals surface area contributed by atoms with E-state index in [-0.39, 0.29) is 60.2 Å². The first-order chi connectivity index (χ1) is 12.6. The van der Waals surface area contributed by atoms with Gasteiger partial charge in [-0.05, 0) is 43.4 Å². The van der Waals surface area contributed by atoms with Crippen molar-refractivity contribution in [2.45, 2.75) is 20.8 Å². The summed E-state index contributed by atoms with van der Waals surface area (Å²) in [7, 11) is 0. The van der Waals surface area contributed by atoms with Crippen LogP contribution < -0.4 is 0 Å². The minimum Gasteiger partial charge on any atom is -0.358 e. The topological polar surface area (TPSA) is 17.3 Å². The number of benzene rings is 3. The van der Waals surface area contributed by atoms with Crippen molar-refractivity contribution in [3.05, 3.63) is 91.0 Å². The Kier molecular flexibility index (Phi) is 7.57. The molecule has 0 saturated carbocycles. The van der Waals surface area contributed by atoms with E-state index in [9.17, 15) is 0 Å². The fraction of sp³-hybridized carbons (Fsp3) is 0.120. The molecule has 0 aliphatic carbocycles. The van der Waals surface area contributed by atoms with Crippen LogP contribution in [0.25, 0.3) is 38.6 Å². The number of aromatic nitrogens is 2. The molecule has 0 aliphatic rings. The maximum absolute atomic E-state index is 4.81. The number of hydrogen-bond acceptors (Lipinski definition) is 1. The first-order valence-electron chi connectivity index (χ1n) is 8.92. The van der Waals surface area contributed by atoms with E-state index < -0.39 is 0 Å². The smallest absolute Gasteiger partial charge is 0.0639 e. The summed E-state index contributed by atoms with van der Waals surface area (Å²) >= 11 is 0. The molecule has 2 aromatic heterocycles. The Labute approximate surface area is 211 Å². The van der Waals surface area contributed by atoms with Crippen molar-refractivity contribution in [3.8, 4) is 11.3 Å². The Morgan fingerprint density at radius 2 is 1.62 bits per heavy atom. The van der Waals surface area contributed by atoms with Crippen molar-refractivity contribution in [1.29, 1.82) is 0 Å². The fourth-order valence-corrected chi connectivity index (χ4v) is 4.07. The third kappa shape index (κ3) is 3.75. The summed E-state index contributed by atoms with van der Waals surface area (Å²) in [6.45, 7) is 6.48. The molecule has 0 aliphatic heterocycles.